The van der Waals surface area contributed by atoms with Crippen LogP contribution in [0.2, 0.25) is 0 Å². The molecule has 0 aromatic heterocycles. The molecule has 0 unspecified atom stereocenters. The first-order valence-corrected chi connectivity index (χ1v) is 5.37. The van der Waals surface area contributed by atoms with Crippen LogP contribution in [0.3, 0.4) is 0 Å². The van der Waals surface area contributed by atoms with Gasteiger partial charge in [-0.25, -0.2) is 4.79 Å². The molecule has 0 bridgehead atoms. The molecule has 14 heavy (non-hydrogen) atoms. The van der Waals surface area contributed by atoms with Crippen LogP contribution in [0.1, 0.15) is 39.5 Å². The number of nitrogens with two attached hydrogens (primary N) is 1. The van der Waals surface area contributed by atoms with Gasteiger partial charge in [-0.3, -0.25) is 0 Å². The second kappa shape index (κ2) is 4.64. The van der Waals surface area contributed by atoms with Gasteiger partial charge in [0.15, 0.2) is 0 Å². The number of hydrogen-bond acceptors (Lipinski definition) is 2. The Kier molecular flexibility index (Phi) is 3.75. The molecule has 1 aliphatic carbocycles. The van der Waals surface area contributed by atoms with E-state index in [-0.39, 0.29) is 17.6 Å². The zero-order chi connectivity index (χ0) is 10.6. The van der Waals surface area contributed by atoms with Gasteiger partial charge >= 0.3 is 6.03 Å². The van der Waals surface area contributed by atoms with E-state index in [0.29, 0.717) is 6.54 Å². The second-order valence-electron chi connectivity index (χ2n) is 4.44. The summed E-state index contributed by atoms with van der Waals surface area (Å²) in [4.78, 5) is 11.5. The summed E-state index contributed by atoms with van der Waals surface area (Å²) in [5.41, 5.74) is 5.57. The van der Waals surface area contributed by atoms with Crippen LogP contribution >= 0.6 is 0 Å². The number of rotatable bonds is 3. The first kappa shape index (κ1) is 11.3. The number of nitrogens with one attached hydrogen (secondary N) is 2. The largest absolute Gasteiger partial charge is 0.336 e. The van der Waals surface area contributed by atoms with Gasteiger partial charge in [0.05, 0.1) is 5.54 Å². The van der Waals surface area contributed by atoms with Crippen molar-refractivity contribution in [2.45, 2.75) is 51.1 Å². The van der Waals surface area contributed by atoms with E-state index in [1.807, 2.05) is 13.8 Å². The van der Waals surface area contributed by atoms with Gasteiger partial charge in [0.25, 0.3) is 0 Å². The minimum atomic E-state index is -0.140. The molecule has 0 spiro atoms. The second-order valence-corrected chi connectivity index (χ2v) is 4.44. The van der Waals surface area contributed by atoms with Crippen molar-refractivity contribution >= 4 is 6.03 Å². The Morgan fingerprint density at radius 2 is 2.00 bits per heavy atom. The topological polar surface area (TPSA) is 67.2 Å². The third-order valence-electron chi connectivity index (χ3n) is 2.75. The molecule has 0 radical (unpaired) electrons. The molecule has 0 heterocycles. The molecule has 4 N–H and O–H groups in total. The van der Waals surface area contributed by atoms with Crippen molar-refractivity contribution in [2.75, 3.05) is 6.54 Å². The quantitative estimate of drug-likeness (QED) is 0.634. The maximum atomic E-state index is 11.5. The number of urea groups is 1. The average molecular weight is 199 g/mol. The van der Waals surface area contributed by atoms with E-state index in [4.69, 9.17) is 5.73 Å². The summed E-state index contributed by atoms with van der Waals surface area (Å²) >= 11 is 0. The van der Waals surface area contributed by atoms with Crippen LogP contribution < -0.4 is 16.4 Å². The third kappa shape index (κ3) is 2.87. The Hall–Kier alpha value is -0.770. The summed E-state index contributed by atoms with van der Waals surface area (Å²) in [5.74, 6) is 0. The van der Waals surface area contributed by atoms with Gasteiger partial charge in [-0.15, -0.1) is 0 Å². The predicted molar refractivity (Wildman–Crippen MR) is 57.1 cm³/mol. The van der Waals surface area contributed by atoms with Crippen LogP contribution in [-0.2, 0) is 0 Å². The predicted octanol–water partition coefficient (Wildman–Crippen LogP) is 0.965. The van der Waals surface area contributed by atoms with E-state index in [0.717, 1.165) is 12.8 Å². The molecule has 0 aliphatic heterocycles. The molecule has 1 saturated carbocycles. The fraction of sp³-hybridized carbons (Fsp3) is 0.900. The van der Waals surface area contributed by atoms with E-state index >= 15 is 0 Å². The van der Waals surface area contributed by atoms with E-state index in [9.17, 15) is 4.79 Å². The van der Waals surface area contributed by atoms with E-state index < -0.39 is 0 Å². The molecule has 0 atom stereocenters. The highest BCUT2D eigenvalue weighted by Crippen LogP contribution is 2.28. The first-order valence-electron chi connectivity index (χ1n) is 5.37. The highest BCUT2D eigenvalue weighted by atomic mass is 16.2. The van der Waals surface area contributed by atoms with Gasteiger partial charge in [-0.1, -0.05) is 12.8 Å². The van der Waals surface area contributed by atoms with Gasteiger partial charge < -0.3 is 16.4 Å². The summed E-state index contributed by atoms with van der Waals surface area (Å²) < 4.78 is 0. The Bertz CT molecular complexity index is 198. The van der Waals surface area contributed by atoms with Crippen molar-refractivity contribution in [1.29, 1.82) is 0 Å². The summed E-state index contributed by atoms with van der Waals surface area (Å²) in [6.07, 6.45) is 4.35. The fourth-order valence-corrected chi connectivity index (χ4v) is 1.97. The molecule has 1 fully saturated rings. The molecular weight excluding hydrogens is 178 g/mol. The van der Waals surface area contributed by atoms with Crippen molar-refractivity contribution in [3.8, 4) is 0 Å². The van der Waals surface area contributed by atoms with Crippen molar-refractivity contribution < 1.29 is 4.79 Å². The zero-order valence-electron chi connectivity index (χ0n) is 9.10. The van der Waals surface area contributed by atoms with Crippen molar-refractivity contribution in [3.05, 3.63) is 0 Å². The minimum Gasteiger partial charge on any atom is -0.336 e. The summed E-state index contributed by atoms with van der Waals surface area (Å²) in [6.45, 7) is 4.44. The molecule has 0 saturated heterocycles. The van der Waals surface area contributed by atoms with Crippen LogP contribution in [0.4, 0.5) is 4.79 Å². The smallest absolute Gasteiger partial charge is 0.315 e. The highest BCUT2D eigenvalue weighted by Gasteiger charge is 2.33. The van der Waals surface area contributed by atoms with Gasteiger partial charge in [-0.05, 0) is 26.7 Å². The lowest BCUT2D eigenvalue weighted by Crippen LogP contribution is -2.55. The summed E-state index contributed by atoms with van der Waals surface area (Å²) in [6, 6.07) is 0.0820. The van der Waals surface area contributed by atoms with Crippen LogP contribution in [0.25, 0.3) is 0 Å². The molecule has 1 rings (SSSR count). The highest BCUT2D eigenvalue weighted by molar-refractivity contribution is 5.75. The lowest BCUT2D eigenvalue weighted by molar-refractivity contribution is 0.223. The molecule has 4 heteroatoms. The van der Waals surface area contributed by atoms with Gasteiger partial charge in [0.2, 0.25) is 0 Å². The Morgan fingerprint density at radius 3 is 2.43 bits per heavy atom. The fourth-order valence-electron chi connectivity index (χ4n) is 1.97. The van der Waals surface area contributed by atoms with Crippen LogP contribution in [0, 0.1) is 0 Å². The number of amides is 2. The Labute approximate surface area is 85.6 Å². The summed E-state index contributed by atoms with van der Waals surface area (Å²) in [7, 11) is 0. The van der Waals surface area contributed by atoms with Gasteiger partial charge in [0, 0.05) is 12.6 Å². The minimum absolute atomic E-state index is 0.0904. The molecule has 2 amide bonds. The maximum absolute atomic E-state index is 11.5. The maximum Gasteiger partial charge on any atom is 0.315 e. The molecule has 0 aromatic rings. The Balaban J connectivity index is 2.44. The number of hydrogen-bond donors (Lipinski definition) is 3. The van der Waals surface area contributed by atoms with Crippen molar-refractivity contribution in [2.24, 2.45) is 5.73 Å². The van der Waals surface area contributed by atoms with Crippen LogP contribution in [0.5, 0.6) is 0 Å². The van der Waals surface area contributed by atoms with Crippen LogP contribution in [0.15, 0.2) is 0 Å². The molecule has 4 nitrogen and oxygen atoms in total. The molecule has 1 aliphatic rings. The average Bonchev–Trinajstić information content (AvgIpc) is 2.52. The Morgan fingerprint density at radius 1 is 1.43 bits per heavy atom. The van der Waals surface area contributed by atoms with E-state index in [1.54, 1.807) is 0 Å². The molecule has 0 aromatic carbocycles. The normalized spacial score (nSPS) is 19.7. The molecule has 82 valence electrons. The van der Waals surface area contributed by atoms with Crippen molar-refractivity contribution in [3.63, 3.8) is 0 Å². The van der Waals surface area contributed by atoms with Crippen LogP contribution in [-0.4, -0.2) is 24.2 Å². The van der Waals surface area contributed by atoms with E-state index in [1.165, 1.54) is 12.8 Å². The van der Waals surface area contributed by atoms with Gasteiger partial charge in [0.1, 0.15) is 0 Å². The number of carbonyl (C=O) groups excluding carboxylic acids is 1. The first-order chi connectivity index (χ1) is 6.58. The zero-order valence-corrected chi connectivity index (χ0v) is 9.10. The lowest BCUT2D eigenvalue weighted by Gasteiger charge is -2.29. The number of carbonyl (C=O) groups is 1. The lowest BCUT2D eigenvalue weighted by atomic mass is 9.98. The van der Waals surface area contributed by atoms with Crippen molar-refractivity contribution in [1.82, 2.24) is 10.6 Å². The monoisotopic (exact) mass is 199 g/mol. The standard InChI is InChI=1S/C10H21N3O/c1-8(2)12-9(14)13-10(7-11)5-3-4-6-10/h8H,3-7,11H2,1-2H3,(H2,12,13,14). The summed E-state index contributed by atoms with van der Waals surface area (Å²) in [5, 5.41) is 5.82. The van der Waals surface area contributed by atoms with E-state index in [2.05, 4.69) is 10.6 Å². The SMILES string of the molecule is CC(C)NC(=O)NC1(CN)CCCC1. The van der Waals surface area contributed by atoms with Gasteiger partial charge in [-0.2, -0.15) is 0 Å². The third-order valence-corrected chi connectivity index (χ3v) is 2.75. The molecular formula is C10H21N3O.